The Hall–Kier alpha value is -1.85. The first-order chi connectivity index (χ1) is 9.26. The minimum atomic E-state index is 0. The Morgan fingerprint density at radius 1 is 1.10 bits per heavy atom. The van der Waals surface area contributed by atoms with E-state index in [1.165, 1.54) is 0 Å². The Bertz CT molecular complexity index is 619. The molecule has 0 unspecified atom stereocenters. The summed E-state index contributed by atoms with van der Waals surface area (Å²) in [5, 5.41) is 0. The van der Waals surface area contributed by atoms with Crippen molar-refractivity contribution < 1.29 is 9.47 Å². The fourth-order valence-corrected chi connectivity index (χ4v) is 2.08. The van der Waals surface area contributed by atoms with Gasteiger partial charge in [-0.25, -0.2) is 9.97 Å². The monoisotopic (exact) mass is 293 g/mol. The van der Waals surface area contributed by atoms with Gasteiger partial charge in [0.2, 0.25) is 0 Å². The molecule has 2 N–H and O–H groups in total. The molecule has 1 aliphatic heterocycles. The summed E-state index contributed by atoms with van der Waals surface area (Å²) in [5.41, 5.74) is 8.30. The van der Waals surface area contributed by atoms with E-state index in [0.717, 1.165) is 28.5 Å². The number of nitrogens with zero attached hydrogens (tertiary/aromatic N) is 2. The number of aryl methyl sites for hydroxylation is 1. The third-order valence-corrected chi connectivity index (χ3v) is 2.94. The van der Waals surface area contributed by atoms with E-state index in [1.807, 2.05) is 31.2 Å². The second-order valence-electron chi connectivity index (χ2n) is 4.35. The van der Waals surface area contributed by atoms with Crippen LogP contribution in [-0.2, 0) is 6.54 Å². The van der Waals surface area contributed by atoms with Gasteiger partial charge in [0, 0.05) is 12.1 Å². The van der Waals surface area contributed by atoms with Gasteiger partial charge in [-0.05, 0) is 31.2 Å². The molecule has 20 heavy (non-hydrogen) atoms. The van der Waals surface area contributed by atoms with Gasteiger partial charge < -0.3 is 15.2 Å². The van der Waals surface area contributed by atoms with Crippen LogP contribution in [0.3, 0.4) is 0 Å². The van der Waals surface area contributed by atoms with Crippen LogP contribution >= 0.6 is 12.4 Å². The van der Waals surface area contributed by atoms with Crippen molar-refractivity contribution in [1.29, 1.82) is 0 Å². The fourth-order valence-electron chi connectivity index (χ4n) is 2.08. The number of aromatic nitrogens is 2. The summed E-state index contributed by atoms with van der Waals surface area (Å²) in [4.78, 5) is 8.71. The maximum absolute atomic E-state index is 5.64. The molecule has 0 saturated carbocycles. The smallest absolute Gasteiger partial charge is 0.162 e. The van der Waals surface area contributed by atoms with Gasteiger partial charge in [-0.2, -0.15) is 0 Å². The molecule has 0 aliphatic carbocycles. The lowest BCUT2D eigenvalue weighted by Crippen LogP contribution is -2.15. The number of rotatable bonds is 2. The normalized spacial score (nSPS) is 12.7. The Morgan fingerprint density at radius 2 is 1.85 bits per heavy atom. The number of benzene rings is 1. The van der Waals surface area contributed by atoms with Gasteiger partial charge in [-0.3, -0.25) is 0 Å². The molecule has 0 atom stereocenters. The van der Waals surface area contributed by atoms with Crippen LogP contribution in [-0.4, -0.2) is 23.2 Å². The molecule has 3 rings (SSSR count). The molecule has 106 valence electrons. The third-order valence-electron chi connectivity index (χ3n) is 2.94. The van der Waals surface area contributed by atoms with E-state index in [9.17, 15) is 0 Å². The Labute approximate surface area is 123 Å². The maximum atomic E-state index is 5.64. The number of fused-ring (bicyclic) bond motifs is 1. The van der Waals surface area contributed by atoms with Crippen molar-refractivity contribution in [3.05, 3.63) is 35.8 Å². The van der Waals surface area contributed by atoms with Gasteiger partial charge in [0.25, 0.3) is 0 Å². The molecule has 2 heterocycles. The topological polar surface area (TPSA) is 70.3 Å². The Kier molecular flexibility index (Phi) is 4.42. The van der Waals surface area contributed by atoms with Gasteiger partial charge in [0.1, 0.15) is 19.0 Å². The van der Waals surface area contributed by atoms with Crippen molar-refractivity contribution in [3.8, 4) is 22.8 Å². The minimum absolute atomic E-state index is 0. The third kappa shape index (κ3) is 2.84. The van der Waals surface area contributed by atoms with Gasteiger partial charge in [-0.15, -0.1) is 12.4 Å². The molecule has 6 heteroatoms. The number of ether oxygens (including phenoxy) is 2. The van der Waals surface area contributed by atoms with Crippen LogP contribution in [0, 0.1) is 6.92 Å². The highest BCUT2D eigenvalue weighted by molar-refractivity contribution is 5.85. The van der Waals surface area contributed by atoms with Crippen LogP contribution in [0.5, 0.6) is 11.5 Å². The Balaban J connectivity index is 0.00000147. The van der Waals surface area contributed by atoms with Crippen LogP contribution < -0.4 is 15.2 Å². The number of hydrogen-bond donors (Lipinski definition) is 1. The average molecular weight is 294 g/mol. The molecule has 0 bridgehead atoms. The summed E-state index contributed by atoms with van der Waals surface area (Å²) in [6, 6.07) is 7.72. The van der Waals surface area contributed by atoms with Crippen molar-refractivity contribution in [2.75, 3.05) is 13.2 Å². The van der Waals surface area contributed by atoms with E-state index in [0.29, 0.717) is 25.6 Å². The van der Waals surface area contributed by atoms with Gasteiger partial charge in [0.05, 0.1) is 11.4 Å². The number of halogens is 1. The zero-order valence-corrected chi connectivity index (χ0v) is 11.9. The molecule has 0 saturated heterocycles. The standard InChI is InChI=1S/C14H15N3O2.ClH/c1-9-16-11(8-15)7-12(17-9)10-2-3-13-14(6-10)19-5-4-18-13;/h2-3,6-7H,4-5,8,15H2,1H3;1H. The van der Waals surface area contributed by atoms with Gasteiger partial charge in [0.15, 0.2) is 11.5 Å². The molecule has 5 nitrogen and oxygen atoms in total. The minimum Gasteiger partial charge on any atom is -0.486 e. The molecule has 0 radical (unpaired) electrons. The average Bonchev–Trinajstić information content (AvgIpc) is 2.46. The summed E-state index contributed by atoms with van der Waals surface area (Å²) < 4.78 is 11.1. The first kappa shape index (κ1) is 14.6. The number of hydrogen-bond acceptors (Lipinski definition) is 5. The van der Waals surface area contributed by atoms with Crippen molar-refractivity contribution in [1.82, 2.24) is 9.97 Å². The lowest BCUT2D eigenvalue weighted by atomic mass is 10.1. The van der Waals surface area contributed by atoms with E-state index in [-0.39, 0.29) is 12.4 Å². The van der Waals surface area contributed by atoms with E-state index < -0.39 is 0 Å². The second-order valence-corrected chi connectivity index (χ2v) is 4.35. The molecule has 0 spiro atoms. The summed E-state index contributed by atoms with van der Waals surface area (Å²) in [5.74, 6) is 2.25. The van der Waals surface area contributed by atoms with Crippen molar-refractivity contribution in [3.63, 3.8) is 0 Å². The molecule has 0 fully saturated rings. The van der Waals surface area contributed by atoms with E-state index in [2.05, 4.69) is 9.97 Å². The second kappa shape index (κ2) is 6.07. The molecule has 1 aromatic carbocycles. The lowest BCUT2D eigenvalue weighted by molar-refractivity contribution is 0.171. The van der Waals surface area contributed by atoms with Crippen LogP contribution in [0.4, 0.5) is 0 Å². The van der Waals surface area contributed by atoms with Crippen LogP contribution in [0.2, 0.25) is 0 Å². The summed E-state index contributed by atoms with van der Waals surface area (Å²) in [6.07, 6.45) is 0. The van der Waals surface area contributed by atoms with Crippen molar-refractivity contribution in [2.45, 2.75) is 13.5 Å². The number of nitrogens with two attached hydrogens (primary N) is 1. The molecular formula is C14H16ClN3O2. The van der Waals surface area contributed by atoms with Crippen LogP contribution in [0.25, 0.3) is 11.3 Å². The van der Waals surface area contributed by atoms with Gasteiger partial charge >= 0.3 is 0 Å². The largest absolute Gasteiger partial charge is 0.486 e. The fraction of sp³-hybridized carbons (Fsp3) is 0.286. The van der Waals surface area contributed by atoms with Crippen molar-refractivity contribution >= 4 is 12.4 Å². The van der Waals surface area contributed by atoms with Crippen molar-refractivity contribution in [2.24, 2.45) is 5.73 Å². The summed E-state index contributed by atoms with van der Waals surface area (Å²) in [7, 11) is 0. The zero-order chi connectivity index (χ0) is 13.2. The Morgan fingerprint density at radius 3 is 2.60 bits per heavy atom. The molecule has 1 aromatic heterocycles. The molecule has 1 aliphatic rings. The predicted octanol–water partition coefficient (Wildman–Crippen LogP) is 2.10. The highest BCUT2D eigenvalue weighted by atomic mass is 35.5. The highest BCUT2D eigenvalue weighted by Crippen LogP contribution is 2.34. The van der Waals surface area contributed by atoms with E-state index in [4.69, 9.17) is 15.2 Å². The van der Waals surface area contributed by atoms with Crippen LogP contribution in [0.1, 0.15) is 11.5 Å². The van der Waals surface area contributed by atoms with Crippen LogP contribution in [0.15, 0.2) is 24.3 Å². The SMILES string of the molecule is Cc1nc(CN)cc(-c2ccc3c(c2)OCCO3)n1.Cl. The first-order valence-corrected chi connectivity index (χ1v) is 6.21. The summed E-state index contributed by atoms with van der Waals surface area (Å²) in [6.45, 7) is 3.44. The zero-order valence-electron chi connectivity index (χ0n) is 11.1. The summed E-state index contributed by atoms with van der Waals surface area (Å²) >= 11 is 0. The highest BCUT2D eigenvalue weighted by Gasteiger charge is 2.13. The van der Waals surface area contributed by atoms with Gasteiger partial charge in [-0.1, -0.05) is 0 Å². The molecule has 2 aromatic rings. The quantitative estimate of drug-likeness (QED) is 0.918. The molecular weight excluding hydrogens is 278 g/mol. The lowest BCUT2D eigenvalue weighted by Gasteiger charge is -2.18. The predicted molar refractivity (Wildman–Crippen MR) is 78.3 cm³/mol. The van der Waals surface area contributed by atoms with E-state index in [1.54, 1.807) is 0 Å². The maximum Gasteiger partial charge on any atom is 0.162 e. The van der Waals surface area contributed by atoms with E-state index >= 15 is 0 Å². The molecule has 0 amide bonds. The first-order valence-electron chi connectivity index (χ1n) is 6.21.